The van der Waals surface area contributed by atoms with Crippen molar-refractivity contribution in [2.75, 3.05) is 13.1 Å². The van der Waals surface area contributed by atoms with Crippen molar-refractivity contribution >= 4 is 5.91 Å². The number of aryl methyl sites for hydroxylation is 1. The molecule has 104 valence electrons. The van der Waals surface area contributed by atoms with E-state index in [1.807, 2.05) is 13.1 Å². The zero-order valence-corrected chi connectivity index (χ0v) is 11.2. The molecule has 0 aromatic carbocycles. The molecular formula is C13H16N6O. The van der Waals surface area contributed by atoms with E-state index in [0.29, 0.717) is 11.6 Å². The van der Waals surface area contributed by atoms with Crippen molar-refractivity contribution in [1.29, 1.82) is 0 Å². The molecule has 0 saturated carbocycles. The van der Waals surface area contributed by atoms with Crippen molar-refractivity contribution < 1.29 is 4.79 Å². The van der Waals surface area contributed by atoms with Crippen molar-refractivity contribution in [3.05, 3.63) is 41.7 Å². The number of likely N-dealkylation sites (tertiary alicyclic amines) is 1. The van der Waals surface area contributed by atoms with E-state index < -0.39 is 5.91 Å². The lowest BCUT2D eigenvalue weighted by Crippen LogP contribution is -2.47. The molecule has 3 rings (SSSR count). The number of hydrogen-bond donors (Lipinski definition) is 1. The molecule has 0 bridgehead atoms. The van der Waals surface area contributed by atoms with E-state index in [9.17, 15) is 4.79 Å². The SMILES string of the molecule is Cc1cnc(CN2CC(n3cc(C(N)=O)cn3)C2)cn1. The van der Waals surface area contributed by atoms with Crippen LogP contribution in [-0.2, 0) is 6.54 Å². The van der Waals surface area contributed by atoms with Crippen LogP contribution in [0.4, 0.5) is 0 Å². The highest BCUT2D eigenvalue weighted by atomic mass is 16.1. The normalized spacial score (nSPS) is 16.1. The first kappa shape index (κ1) is 12.7. The molecule has 2 N–H and O–H groups in total. The highest BCUT2D eigenvalue weighted by Gasteiger charge is 2.29. The molecule has 0 radical (unpaired) electrons. The summed E-state index contributed by atoms with van der Waals surface area (Å²) >= 11 is 0. The fourth-order valence-electron chi connectivity index (χ4n) is 2.23. The van der Waals surface area contributed by atoms with Gasteiger partial charge in [0.05, 0.1) is 29.2 Å². The van der Waals surface area contributed by atoms with E-state index in [-0.39, 0.29) is 0 Å². The fourth-order valence-corrected chi connectivity index (χ4v) is 2.23. The first-order chi connectivity index (χ1) is 9.61. The second-order valence-corrected chi connectivity index (χ2v) is 5.07. The molecular weight excluding hydrogens is 256 g/mol. The number of carbonyl (C=O) groups is 1. The number of amides is 1. The summed E-state index contributed by atoms with van der Waals surface area (Å²) in [4.78, 5) is 21.8. The van der Waals surface area contributed by atoms with Crippen molar-refractivity contribution in [1.82, 2.24) is 24.6 Å². The Balaban J connectivity index is 1.55. The van der Waals surface area contributed by atoms with Crippen molar-refractivity contribution in [3.8, 4) is 0 Å². The van der Waals surface area contributed by atoms with Crippen LogP contribution in [0.3, 0.4) is 0 Å². The quantitative estimate of drug-likeness (QED) is 0.855. The van der Waals surface area contributed by atoms with E-state index >= 15 is 0 Å². The van der Waals surface area contributed by atoms with Crippen molar-refractivity contribution in [3.63, 3.8) is 0 Å². The maximum atomic E-state index is 11.0. The third-order valence-electron chi connectivity index (χ3n) is 3.42. The van der Waals surface area contributed by atoms with Crippen LogP contribution in [0.5, 0.6) is 0 Å². The Morgan fingerprint density at radius 2 is 2.15 bits per heavy atom. The van der Waals surface area contributed by atoms with Gasteiger partial charge in [0, 0.05) is 38.2 Å². The van der Waals surface area contributed by atoms with Gasteiger partial charge in [0.2, 0.25) is 0 Å². The molecule has 2 aromatic rings. The van der Waals surface area contributed by atoms with Crippen molar-refractivity contribution in [2.45, 2.75) is 19.5 Å². The highest BCUT2D eigenvalue weighted by molar-refractivity contribution is 5.92. The molecule has 7 heteroatoms. The molecule has 0 aliphatic carbocycles. The Labute approximate surface area is 116 Å². The molecule has 0 spiro atoms. The van der Waals surface area contributed by atoms with E-state index in [1.165, 1.54) is 6.20 Å². The molecule has 1 aliphatic heterocycles. The minimum atomic E-state index is -0.442. The molecule has 1 fully saturated rings. The average molecular weight is 272 g/mol. The topological polar surface area (TPSA) is 89.9 Å². The zero-order chi connectivity index (χ0) is 14.1. The molecule has 2 aromatic heterocycles. The standard InChI is InChI=1S/C13H16N6O/c1-9-2-16-11(4-15-9)6-18-7-12(8-18)19-5-10(3-17-19)13(14)20/h2-5,12H,6-8H2,1H3,(H2,14,20). The van der Waals surface area contributed by atoms with Gasteiger partial charge >= 0.3 is 0 Å². The van der Waals surface area contributed by atoms with E-state index in [2.05, 4.69) is 20.0 Å². The number of aromatic nitrogens is 4. The maximum Gasteiger partial charge on any atom is 0.251 e. The number of nitrogens with two attached hydrogens (primary N) is 1. The Bertz CT molecular complexity index is 614. The predicted molar refractivity (Wildman–Crippen MR) is 71.8 cm³/mol. The summed E-state index contributed by atoms with van der Waals surface area (Å²) in [7, 11) is 0. The largest absolute Gasteiger partial charge is 0.366 e. The van der Waals surface area contributed by atoms with Crippen LogP contribution >= 0.6 is 0 Å². The van der Waals surface area contributed by atoms with Crippen LogP contribution < -0.4 is 5.73 Å². The van der Waals surface area contributed by atoms with Gasteiger partial charge in [-0.05, 0) is 6.92 Å². The number of carbonyl (C=O) groups excluding carboxylic acids is 1. The third kappa shape index (κ3) is 2.53. The molecule has 7 nitrogen and oxygen atoms in total. The van der Waals surface area contributed by atoms with E-state index in [4.69, 9.17) is 5.73 Å². The monoisotopic (exact) mass is 272 g/mol. The lowest BCUT2D eigenvalue weighted by molar-refractivity contribution is 0.0892. The van der Waals surface area contributed by atoms with Crippen LogP contribution in [-0.4, -0.2) is 43.6 Å². The first-order valence-electron chi connectivity index (χ1n) is 6.45. The summed E-state index contributed by atoms with van der Waals surface area (Å²) in [5.74, 6) is -0.442. The number of rotatable bonds is 4. The Kier molecular flexibility index (Phi) is 3.19. The van der Waals surface area contributed by atoms with Crippen LogP contribution in [0.25, 0.3) is 0 Å². The second-order valence-electron chi connectivity index (χ2n) is 5.07. The predicted octanol–water partition coefficient (Wildman–Crippen LogP) is 0.137. The number of hydrogen-bond acceptors (Lipinski definition) is 5. The second kappa shape index (κ2) is 5.01. The maximum absolute atomic E-state index is 11.0. The van der Waals surface area contributed by atoms with Gasteiger partial charge in [0.15, 0.2) is 0 Å². The van der Waals surface area contributed by atoms with Gasteiger partial charge in [-0.15, -0.1) is 0 Å². The first-order valence-corrected chi connectivity index (χ1v) is 6.45. The number of nitrogens with zero attached hydrogens (tertiary/aromatic N) is 5. The summed E-state index contributed by atoms with van der Waals surface area (Å²) < 4.78 is 1.80. The summed E-state index contributed by atoms with van der Waals surface area (Å²) in [6.07, 6.45) is 6.80. The van der Waals surface area contributed by atoms with E-state index in [0.717, 1.165) is 31.0 Å². The Morgan fingerprint density at radius 3 is 2.75 bits per heavy atom. The molecule has 0 unspecified atom stereocenters. The average Bonchev–Trinajstić information content (AvgIpc) is 2.85. The minimum absolute atomic E-state index is 0.293. The van der Waals surface area contributed by atoms with Crippen LogP contribution in [0.1, 0.15) is 27.8 Å². The number of primary amides is 1. The van der Waals surface area contributed by atoms with Crippen LogP contribution in [0.2, 0.25) is 0 Å². The van der Waals surface area contributed by atoms with Gasteiger partial charge in [-0.1, -0.05) is 0 Å². The lowest BCUT2D eigenvalue weighted by Gasteiger charge is -2.38. The van der Waals surface area contributed by atoms with Gasteiger partial charge in [0.1, 0.15) is 0 Å². The van der Waals surface area contributed by atoms with Crippen LogP contribution in [0.15, 0.2) is 24.8 Å². The van der Waals surface area contributed by atoms with Crippen LogP contribution in [0, 0.1) is 6.92 Å². The van der Waals surface area contributed by atoms with Gasteiger partial charge < -0.3 is 5.73 Å². The summed E-state index contributed by atoms with van der Waals surface area (Å²) in [5, 5.41) is 4.17. The Morgan fingerprint density at radius 1 is 1.35 bits per heavy atom. The van der Waals surface area contributed by atoms with Gasteiger partial charge in [-0.2, -0.15) is 5.10 Å². The summed E-state index contributed by atoms with van der Waals surface area (Å²) in [6, 6.07) is 0.293. The van der Waals surface area contributed by atoms with Crippen molar-refractivity contribution in [2.24, 2.45) is 5.73 Å². The van der Waals surface area contributed by atoms with Gasteiger partial charge in [-0.25, -0.2) is 0 Å². The molecule has 3 heterocycles. The molecule has 1 aliphatic rings. The molecule has 20 heavy (non-hydrogen) atoms. The van der Waals surface area contributed by atoms with Gasteiger partial charge in [0.25, 0.3) is 5.91 Å². The zero-order valence-electron chi connectivity index (χ0n) is 11.2. The minimum Gasteiger partial charge on any atom is -0.366 e. The molecule has 0 atom stereocenters. The fraction of sp³-hybridized carbons (Fsp3) is 0.385. The lowest BCUT2D eigenvalue weighted by atomic mass is 10.1. The highest BCUT2D eigenvalue weighted by Crippen LogP contribution is 2.22. The Hall–Kier alpha value is -2.28. The molecule has 1 amide bonds. The smallest absolute Gasteiger partial charge is 0.251 e. The molecule has 1 saturated heterocycles. The van der Waals surface area contributed by atoms with Gasteiger partial charge in [-0.3, -0.25) is 24.3 Å². The summed E-state index contributed by atoms with van der Waals surface area (Å²) in [6.45, 7) is 4.48. The third-order valence-corrected chi connectivity index (χ3v) is 3.42. The summed E-state index contributed by atoms with van der Waals surface area (Å²) in [5.41, 5.74) is 7.55. The van der Waals surface area contributed by atoms with E-state index in [1.54, 1.807) is 17.1 Å².